The van der Waals surface area contributed by atoms with E-state index in [1.807, 2.05) is 31.4 Å². The van der Waals surface area contributed by atoms with Crippen molar-refractivity contribution in [3.63, 3.8) is 0 Å². The lowest BCUT2D eigenvalue weighted by Gasteiger charge is -1.99. The van der Waals surface area contributed by atoms with Crippen molar-refractivity contribution in [2.45, 2.75) is 6.54 Å². The second kappa shape index (κ2) is 6.48. The van der Waals surface area contributed by atoms with Gasteiger partial charge in [-0.05, 0) is 12.1 Å². The molecule has 16 heavy (non-hydrogen) atoms. The highest BCUT2D eigenvalue weighted by atomic mass is 35.5. The first-order valence-electron chi connectivity index (χ1n) is 4.44. The maximum atomic E-state index is 5.52. The van der Waals surface area contributed by atoms with E-state index in [1.54, 1.807) is 10.9 Å². The van der Waals surface area contributed by atoms with Crippen LogP contribution >= 0.6 is 24.8 Å². The van der Waals surface area contributed by atoms with E-state index in [0.717, 1.165) is 17.0 Å². The number of nitrogens with two attached hydrogens (primary N) is 1. The highest BCUT2D eigenvalue weighted by molar-refractivity contribution is 5.85. The van der Waals surface area contributed by atoms with Gasteiger partial charge in [-0.25, -0.2) is 0 Å². The lowest BCUT2D eigenvalue weighted by molar-refractivity contribution is 0.768. The zero-order chi connectivity index (χ0) is 9.97. The fourth-order valence-electron chi connectivity index (χ4n) is 1.31. The SMILES string of the molecule is Cl.Cl.Cn1cc(-c2cccc(CN)n2)cn1. The Bertz CT molecular complexity index is 442. The molecule has 0 aliphatic rings. The minimum absolute atomic E-state index is 0. The molecular formula is C10H14Cl2N4. The summed E-state index contributed by atoms with van der Waals surface area (Å²) in [7, 11) is 1.89. The first-order chi connectivity index (χ1) is 6.79. The molecule has 0 aliphatic carbocycles. The van der Waals surface area contributed by atoms with Crippen LogP contribution in [0.2, 0.25) is 0 Å². The predicted octanol–water partition coefficient (Wildman–Crippen LogP) is 1.78. The molecule has 0 saturated carbocycles. The Hall–Kier alpha value is -1.10. The molecule has 0 fully saturated rings. The van der Waals surface area contributed by atoms with E-state index in [1.165, 1.54) is 0 Å². The number of aryl methyl sites for hydroxylation is 1. The van der Waals surface area contributed by atoms with E-state index in [4.69, 9.17) is 5.73 Å². The molecule has 0 aliphatic heterocycles. The van der Waals surface area contributed by atoms with Gasteiger partial charge in [0.25, 0.3) is 0 Å². The van der Waals surface area contributed by atoms with Gasteiger partial charge >= 0.3 is 0 Å². The van der Waals surface area contributed by atoms with Gasteiger partial charge in [-0.2, -0.15) is 5.10 Å². The molecule has 6 heteroatoms. The summed E-state index contributed by atoms with van der Waals surface area (Å²) < 4.78 is 1.76. The van der Waals surface area contributed by atoms with Gasteiger partial charge in [0.2, 0.25) is 0 Å². The van der Waals surface area contributed by atoms with Crippen molar-refractivity contribution in [2.75, 3.05) is 0 Å². The molecule has 0 bridgehead atoms. The summed E-state index contributed by atoms with van der Waals surface area (Å²) in [5.74, 6) is 0. The van der Waals surface area contributed by atoms with Crippen LogP contribution in [0.15, 0.2) is 30.6 Å². The van der Waals surface area contributed by atoms with E-state index >= 15 is 0 Å². The van der Waals surface area contributed by atoms with Gasteiger partial charge in [0.15, 0.2) is 0 Å². The zero-order valence-electron chi connectivity index (χ0n) is 8.83. The smallest absolute Gasteiger partial charge is 0.0737 e. The Labute approximate surface area is 107 Å². The minimum atomic E-state index is 0. The first-order valence-corrected chi connectivity index (χ1v) is 4.44. The van der Waals surface area contributed by atoms with Gasteiger partial charge in [0.05, 0.1) is 17.6 Å². The summed E-state index contributed by atoms with van der Waals surface area (Å²) in [4.78, 5) is 4.40. The average molecular weight is 261 g/mol. The van der Waals surface area contributed by atoms with Crippen LogP contribution in [0.4, 0.5) is 0 Å². The molecule has 2 rings (SSSR count). The molecule has 2 heterocycles. The minimum Gasteiger partial charge on any atom is -0.325 e. The van der Waals surface area contributed by atoms with Crippen LogP contribution in [0.3, 0.4) is 0 Å². The molecule has 0 spiro atoms. The van der Waals surface area contributed by atoms with E-state index < -0.39 is 0 Å². The van der Waals surface area contributed by atoms with Crippen LogP contribution < -0.4 is 5.73 Å². The van der Waals surface area contributed by atoms with Crippen LogP contribution in [0, 0.1) is 0 Å². The summed E-state index contributed by atoms with van der Waals surface area (Å²) in [6.45, 7) is 0.466. The van der Waals surface area contributed by atoms with E-state index in [-0.39, 0.29) is 24.8 Å². The Kier molecular flexibility index (Phi) is 6.03. The monoisotopic (exact) mass is 260 g/mol. The third-order valence-electron chi connectivity index (χ3n) is 2.02. The molecule has 0 aromatic carbocycles. The van der Waals surface area contributed by atoms with Crippen LogP contribution in [-0.2, 0) is 13.6 Å². The van der Waals surface area contributed by atoms with Gasteiger partial charge < -0.3 is 5.73 Å². The summed E-state index contributed by atoms with van der Waals surface area (Å²) in [5.41, 5.74) is 8.35. The molecule has 0 unspecified atom stereocenters. The van der Waals surface area contributed by atoms with Crippen molar-refractivity contribution in [3.8, 4) is 11.3 Å². The molecule has 0 amide bonds. The molecule has 0 radical (unpaired) electrons. The fourth-order valence-corrected chi connectivity index (χ4v) is 1.31. The zero-order valence-corrected chi connectivity index (χ0v) is 10.5. The molecule has 0 saturated heterocycles. The molecule has 2 aromatic heterocycles. The molecule has 2 aromatic rings. The molecule has 4 nitrogen and oxygen atoms in total. The van der Waals surface area contributed by atoms with E-state index in [9.17, 15) is 0 Å². The quantitative estimate of drug-likeness (QED) is 0.896. The number of rotatable bonds is 2. The van der Waals surface area contributed by atoms with Gasteiger partial charge in [0.1, 0.15) is 0 Å². The lowest BCUT2D eigenvalue weighted by atomic mass is 10.2. The molecular weight excluding hydrogens is 247 g/mol. The van der Waals surface area contributed by atoms with Crippen molar-refractivity contribution < 1.29 is 0 Å². The lowest BCUT2D eigenvalue weighted by Crippen LogP contribution is -1.99. The molecule has 88 valence electrons. The van der Waals surface area contributed by atoms with Crippen LogP contribution in [0.1, 0.15) is 5.69 Å². The maximum Gasteiger partial charge on any atom is 0.0737 e. The van der Waals surface area contributed by atoms with Gasteiger partial charge in [-0.1, -0.05) is 6.07 Å². The highest BCUT2D eigenvalue weighted by Crippen LogP contribution is 2.15. The summed E-state index contributed by atoms with van der Waals surface area (Å²) in [5, 5.41) is 4.09. The third kappa shape index (κ3) is 3.20. The molecule has 0 atom stereocenters. The number of aromatic nitrogens is 3. The van der Waals surface area contributed by atoms with Crippen LogP contribution in [-0.4, -0.2) is 14.8 Å². The third-order valence-corrected chi connectivity index (χ3v) is 2.02. The second-order valence-corrected chi connectivity index (χ2v) is 3.12. The maximum absolute atomic E-state index is 5.52. The van der Waals surface area contributed by atoms with Crippen molar-refractivity contribution >= 4 is 24.8 Å². The summed E-state index contributed by atoms with van der Waals surface area (Å²) in [6, 6.07) is 5.83. The predicted molar refractivity (Wildman–Crippen MR) is 68.8 cm³/mol. The van der Waals surface area contributed by atoms with Crippen molar-refractivity contribution in [1.29, 1.82) is 0 Å². The van der Waals surface area contributed by atoms with Gasteiger partial charge in [0, 0.05) is 25.4 Å². The molecule has 2 N–H and O–H groups in total. The first kappa shape index (κ1) is 14.9. The number of pyridine rings is 1. The van der Waals surface area contributed by atoms with Crippen LogP contribution in [0.5, 0.6) is 0 Å². The van der Waals surface area contributed by atoms with Gasteiger partial charge in [-0.15, -0.1) is 24.8 Å². The van der Waals surface area contributed by atoms with Crippen LogP contribution in [0.25, 0.3) is 11.3 Å². The number of hydrogen-bond acceptors (Lipinski definition) is 3. The fraction of sp³-hybridized carbons (Fsp3) is 0.200. The Morgan fingerprint density at radius 3 is 2.62 bits per heavy atom. The summed E-state index contributed by atoms with van der Waals surface area (Å²) in [6.07, 6.45) is 3.73. The second-order valence-electron chi connectivity index (χ2n) is 3.12. The topological polar surface area (TPSA) is 56.7 Å². The van der Waals surface area contributed by atoms with Gasteiger partial charge in [-0.3, -0.25) is 9.67 Å². The standard InChI is InChI=1S/C10H12N4.2ClH/c1-14-7-8(6-12-14)10-4-2-3-9(5-11)13-10;;/h2-4,6-7H,5,11H2,1H3;2*1H. The number of nitrogens with zero attached hydrogens (tertiary/aromatic N) is 3. The largest absolute Gasteiger partial charge is 0.325 e. The van der Waals surface area contributed by atoms with Crippen molar-refractivity contribution in [2.24, 2.45) is 12.8 Å². The van der Waals surface area contributed by atoms with Crippen molar-refractivity contribution in [1.82, 2.24) is 14.8 Å². The average Bonchev–Trinajstić information content (AvgIpc) is 2.65. The Morgan fingerprint density at radius 1 is 1.31 bits per heavy atom. The van der Waals surface area contributed by atoms with E-state index in [0.29, 0.717) is 6.54 Å². The number of hydrogen-bond donors (Lipinski definition) is 1. The normalized spacial score (nSPS) is 9.12. The number of halogens is 2. The Morgan fingerprint density at radius 2 is 2.06 bits per heavy atom. The van der Waals surface area contributed by atoms with Crippen molar-refractivity contribution in [3.05, 3.63) is 36.3 Å². The summed E-state index contributed by atoms with van der Waals surface area (Å²) >= 11 is 0. The highest BCUT2D eigenvalue weighted by Gasteiger charge is 2.01. The Balaban J connectivity index is 0.00000112. The van der Waals surface area contributed by atoms with E-state index in [2.05, 4.69) is 10.1 Å².